The van der Waals surface area contributed by atoms with E-state index in [2.05, 4.69) is 4.74 Å². The molecular weight excluding hydrogens is 154 g/mol. The first kappa shape index (κ1) is 3.93. The summed E-state index contributed by atoms with van der Waals surface area (Å²) in [6.07, 6.45) is -2.14. The molecule has 62 valence electrons. The van der Waals surface area contributed by atoms with Gasteiger partial charge in [0.1, 0.15) is 6.04 Å². The van der Waals surface area contributed by atoms with E-state index in [1.54, 1.807) is 0 Å². The van der Waals surface area contributed by atoms with Gasteiger partial charge in [-0.05, 0) is 20.6 Å². The van der Waals surface area contributed by atoms with Gasteiger partial charge in [-0.2, -0.15) is 0 Å². The van der Waals surface area contributed by atoms with Crippen molar-refractivity contribution in [3.8, 4) is 0 Å². The van der Waals surface area contributed by atoms with Gasteiger partial charge in [0.25, 0.3) is 0 Å². The molecule has 10 heavy (non-hydrogen) atoms. The zero-order valence-electron chi connectivity index (χ0n) is 11.5. The molecule has 0 aromatic heterocycles. The highest BCUT2D eigenvalue weighted by Gasteiger charge is 2.09. The predicted molar refractivity (Wildman–Crippen MR) is 42.1 cm³/mol. The van der Waals surface area contributed by atoms with Gasteiger partial charge < -0.3 is 10.5 Å². The molecule has 0 bridgehead atoms. The molecule has 0 rings (SSSR count). The van der Waals surface area contributed by atoms with E-state index in [-0.39, 0.29) is 12.4 Å². The Morgan fingerprint density at radius 1 is 1.70 bits per heavy atom. The topological polar surface area (TPSA) is 52.3 Å². The fourth-order valence-electron chi connectivity index (χ4n) is 0.223. The summed E-state index contributed by atoms with van der Waals surface area (Å²) in [6, 6.07) is -1.06. The van der Waals surface area contributed by atoms with Gasteiger partial charge in [0, 0.05) is 8.22 Å². The zero-order chi connectivity index (χ0) is 12.4. The highest BCUT2D eigenvalue weighted by Crippen LogP contribution is 1.90. The second-order valence-electron chi connectivity index (χ2n) is 1.61. The normalized spacial score (nSPS) is 23.5. The molecule has 0 saturated carbocycles. The molecule has 0 aromatic rings. The summed E-state index contributed by atoms with van der Waals surface area (Å²) in [5.74, 6) is -1.05. The van der Waals surface area contributed by atoms with Gasteiger partial charge >= 0.3 is 5.97 Å². The Morgan fingerprint density at radius 2 is 2.20 bits per heavy atom. The van der Waals surface area contributed by atoms with Crippen LogP contribution in [0.25, 0.3) is 0 Å². The number of nitrogens with two attached hydrogens (primary N) is 1. The second-order valence-corrected chi connectivity index (χ2v) is 1.61. The van der Waals surface area contributed by atoms with Crippen LogP contribution in [-0.2, 0) is 9.53 Å². The molecule has 0 aliphatic heterocycles. The third-order valence-electron chi connectivity index (χ3n) is 0.606. The second kappa shape index (κ2) is 5.50. The molecule has 0 heterocycles. The first-order valence-electron chi connectivity index (χ1n) is 5.42. The maximum absolute atomic E-state index is 11.0. The van der Waals surface area contributed by atoms with Crippen molar-refractivity contribution in [2.75, 3.05) is 0 Å². The number of ether oxygens (including phenoxy) is 1. The Morgan fingerprint density at radius 3 is 2.50 bits per heavy atom. The van der Waals surface area contributed by atoms with Gasteiger partial charge in [0.15, 0.2) is 0 Å². The maximum Gasteiger partial charge on any atom is 0.322 e. The molecule has 0 aliphatic rings. The first-order chi connectivity index (χ1) is 6.46. The van der Waals surface area contributed by atoms with E-state index in [0.717, 1.165) is 0 Å². The lowest BCUT2D eigenvalue weighted by molar-refractivity contribution is -0.148. The van der Waals surface area contributed by atoms with Crippen molar-refractivity contribution in [1.29, 1.82) is 0 Å². The van der Waals surface area contributed by atoms with Crippen molar-refractivity contribution >= 4 is 18.4 Å². The van der Waals surface area contributed by atoms with Crippen LogP contribution < -0.4 is 5.73 Å². The molecule has 0 amide bonds. The molecular formula is C6H14ClNO2. The summed E-state index contributed by atoms with van der Waals surface area (Å²) in [5.41, 5.74) is 5.13. The summed E-state index contributed by atoms with van der Waals surface area (Å²) in [4.78, 5) is 11.0. The van der Waals surface area contributed by atoms with Gasteiger partial charge in [-0.25, -0.2) is 0 Å². The Labute approximate surface area is 75.8 Å². The Kier molecular flexibility index (Phi) is 2.16. The molecule has 0 fully saturated rings. The Bertz CT molecular complexity index is 224. The van der Waals surface area contributed by atoms with Crippen LogP contribution in [0.15, 0.2) is 0 Å². The molecule has 0 saturated heterocycles. The molecule has 0 aliphatic carbocycles. The number of halogens is 1. The van der Waals surface area contributed by atoms with Crippen LogP contribution in [0.1, 0.15) is 28.9 Å². The number of rotatable bonds is 2. The molecule has 1 atom stereocenters. The van der Waals surface area contributed by atoms with Gasteiger partial charge in [-0.15, -0.1) is 12.4 Å². The summed E-state index contributed by atoms with van der Waals surface area (Å²) < 4.78 is 46.0. The highest BCUT2D eigenvalue weighted by molar-refractivity contribution is 5.85. The smallest absolute Gasteiger partial charge is 0.322 e. The van der Waals surface area contributed by atoms with E-state index in [4.69, 9.17) is 14.0 Å². The largest absolute Gasteiger partial charge is 0.462 e. The quantitative estimate of drug-likeness (QED) is 0.626. The average Bonchev–Trinajstić information content (AvgIpc) is 1.94. The molecule has 0 radical (unpaired) electrons. The predicted octanol–water partition coefficient (Wildman–Crippen LogP) is 0.707. The average molecular weight is 174 g/mol. The lowest BCUT2D eigenvalue weighted by Crippen LogP contribution is -2.30. The maximum atomic E-state index is 11.0. The van der Waals surface area contributed by atoms with Crippen molar-refractivity contribution in [3.63, 3.8) is 0 Å². The number of hydrogen-bond acceptors (Lipinski definition) is 3. The van der Waals surface area contributed by atoms with Crippen molar-refractivity contribution in [3.05, 3.63) is 0 Å². The number of carbonyl (C=O) groups excluding carboxylic acids is 1. The molecule has 2 N–H and O–H groups in total. The number of esters is 1. The van der Waals surface area contributed by atoms with Crippen molar-refractivity contribution < 1.29 is 17.8 Å². The lowest BCUT2D eigenvalue weighted by Gasteiger charge is -2.08. The molecule has 0 aromatic carbocycles. The third-order valence-corrected chi connectivity index (χ3v) is 0.606. The summed E-state index contributed by atoms with van der Waals surface area (Å²) >= 11 is 0. The fraction of sp³-hybridized carbons (Fsp3) is 0.833. The van der Waals surface area contributed by atoms with Crippen LogP contribution in [0.3, 0.4) is 0 Å². The van der Waals surface area contributed by atoms with Gasteiger partial charge in [0.05, 0.1) is 6.10 Å². The van der Waals surface area contributed by atoms with Crippen LogP contribution in [0, 0.1) is 0 Å². The SMILES string of the molecule is Cl.[2H]C([2H])([2H])C(OC(=O)[C@@H](C)N)C([2H])([2H])[2H]. The van der Waals surface area contributed by atoms with Crippen molar-refractivity contribution in [1.82, 2.24) is 0 Å². The van der Waals surface area contributed by atoms with E-state index in [0.29, 0.717) is 0 Å². The van der Waals surface area contributed by atoms with Crippen LogP contribution in [0.2, 0.25) is 0 Å². The number of carbonyl (C=O) groups is 1. The minimum absolute atomic E-state index is 0. The monoisotopic (exact) mass is 173 g/mol. The minimum atomic E-state index is -2.89. The highest BCUT2D eigenvalue weighted by atomic mass is 35.5. The third kappa shape index (κ3) is 5.85. The van der Waals surface area contributed by atoms with Crippen molar-refractivity contribution in [2.45, 2.75) is 32.8 Å². The van der Waals surface area contributed by atoms with Crippen LogP contribution in [0.5, 0.6) is 0 Å². The van der Waals surface area contributed by atoms with Crippen LogP contribution >= 0.6 is 12.4 Å². The minimum Gasteiger partial charge on any atom is -0.462 e. The van der Waals surface area contributed by atoms with Crippen LogP contribution in [-0.4, -0.2) is 18.1 Å². The van der Waals surface area contributed by atoms with Crippen molar-refractivity contribution in [2.24, 2.45) is 5.73 Å². The van der Waals surface area contributed by atoms with E-state index in [1.165, 1.54) is 6.92 Å². The van der Waals surface area contributed by atoms with E-state index in [9.17, 15) is 4.79 Å². The Balaban J connectivity index is 0. The summed E-state index contributed by atoms with van der Waals surface area (Å²) in [7, 11) is 0. The van der Waals surface area contributed by atoms with E-state index < -0.39 is 31.8 Å². The fourth-order valence-corrected chi connectivity index (χ4v) is 0.223. The lowest BCUT2D eigenvalue weighted by atomic mass is 10.4. The first-order valence-corrected chi connectivity index (χ1v) is 2.42. The van der Waals surface area contributed by atoms with Gasteiger partial charge in [-0.1, -0.05) is 0 Å². The number of hydrogen-bond donors (Lipinski definition) is 1. The van der Waals surface area contributed by atoms with Gasteiger partial charge in [0.2, 0.25) is 0 Å². The van der Waals surface area contributed by atoms with Crippen LogP contribution in [0.4, 0.5) is 0 Å². The Hall–Kier alpha value is -0.280. The standard InChI is InChI=1S/C6H13NO2.ClH/c1-4(2)9-6(8)5(3)7;/h4-5H,7H2,1-3H3;1H/t5-;/m1./s1/i1D3,2D3;. The molecule has 0 unspecified atom stereocenters. The summed E-state index contributed by atoms with van der Waals surface area (Å²) in [5, 5.41) is 0. The summed E-state index contributed by atoms with van der Waals surface area (Å²) in [6.45, 7) is -4.51. The van der Waals surface area contributed by atoms with Gasteiger partial charge in [-0.3, -0.25) is 4.79 Å². The van der Waals surface area contributed by atoms with E-state index in [1.807, 2.05) is 0 Å². The molecule has 4 heteroatoms. The zero-order valence-corrected chi connectivity index (χ0v) is 6.27. The molecule has 0 spiro atoms. The van der Waals surface area contributed by atoms with E-state index >= 15 is 0 Å². The molecule has 3 nitrogen and oxygen atoms in total.